The lowest BCUT2D eigenvalue weighted by Gasteiger charge is -2.12. The molecule has 0 aliphatic carbocycles. The molecule has 1 aromatic rings. The summed E-state index contributed by atoms with van der Waals surface area (Å²) < 4.78 is 0. The number of hydrogen-bond acceptors (Lipinski definition) is 3. The second-order valence-electron chi connectivity index (χ2n) is 4.72. The summed E-state index contributed by atoms with van der Waals surface area (Å²) in [6, 6.07) is 0. The van der Waals surface area contributed by atoms with Crippen molar-refractivity contribution in [1.29, 1.82) is 0 Å². The number of aromatic nitrogens is 1. The van der Waals surface area contributed by atoms with Crippen molar-refractivity contribution in [3.63, 3.8) is 0 Å². The predicted octanol–water partition coefficient (Wildman–Crippen LogP) is 2.88. The molecule has 0 aliphatic heterocycles. The van der Waals surface area contributed by atoms with Crippen LogP contribution in [0.5, 0.6) is 0 Å². The van der Waals surface area contributed by atoms with Crippen LogP contribution in [0.1, 0.15) is 31.5 Å². The van der Waals surface area contributed by atoms with E-state index >= 15 is 0 Å². The Kier molecular flexibility index (Phi) is 5.26. The molecule has 86 valence electrons. The van der Waals surface area contributed by atoms with E-state index in [2.05, 4.69) is 43.4 Å². The fourth-order valence-corrected chi connectivity index (χ4v) is 2.18. The van der Waals surface area contributed by atoms with Crippen molar-refractivity contribution >= 4 is 11.3 Å². The molecular weight excluding hydrogens is 204 g/mol. The summed E-state index contributed by atoms with van der Waals surface area (Å²) in [6.07, 6.45) is 1.09. The Bertz CT molecular complexity index is 281. The molecule has 0 aliphatic rings. The van der Waals surface area contributed by atoms with Crippen LogP contribution in [-0.2, 0) is 6.42 Å². The van der Waals surface area contributed by atoms with E-state index in [-0.39, 0.29) is 0 Å². The maximum Gasteiger partial charge on any atom is 0.0897 e. The molecule has 15 heavy (non-hydrogen) atoms. The summed E-state index contributed by atoms with van der Waals surface area (Å²) in [6.45, 7) is 11.0. The van der Waals surface area contributed by atoms with E-state index in [9.17, 15) is 0 Å². The van der Waals surface area contributed by atoms with Gasteiger partial charge in [-0.25, -0.2) is 4.98 Å². The number of nitrogens with zero attached hydrogens (tertiary/aromatic N) is 1. The summed E-state index contributed by atoms with van der Waals surface area (Å²) in [7, 11) is 0. The summed E-state index contributed by atoms with van der Waals surface area (Å²) in [5, 5.41) is 6.84. The van der Waals surface area contributed by atoms with Gasteiger partial charge in [0.15, 0.2) is 0 Å². The number of nitrogens with one attached hydrogen (secondary N) is 1. The summed E-state index contributed by atoms with van der Waals surface area (Å²) >= 11 is 1.74. The van der Waals surface area contributed by atoms with Crippen LogP contribution >= 0.6 is 11.3 Å². The molecule has 1 aromatic heterocycles. The highest BCUT2D eigenvalue weighted by molar-refractivity contribution is 7.09. The van der Waals surface area contributed by atoms with Crippen LogP contribution in [0.3, 0.4) is 0 Å². The molecule has 1 N–H and O–H groups in total. The van der Waals surface area contributed by atoms with Crippen LogP contribution in [-0.4, -0.2) is 18.1 Å². The highest BCUT2D eigenvalue weighted by Gasteiger charge is 2.06. The van der Waals surface area contributed by atoms with Crippen LogP contribution in [0.2, 0.25) is 0 Å². The van der Waals surface area contributed by atoms with E-state index < -0.39 is 0 Å². The molecule has 3 heteroatoms. The van der Waals surface area contributed by atoms with E-state index in [4.69, 9.17) is 0 Å². The molecule has 0 spiro atoms. The Morgan fingerprint density at radius 1 is 1.33 bits per heavy atom. The van der Waals surface area contributed by atoms with Gasteiger partial charge in [-0.1, -0.05) is 20.8 Å². The molecule has 1 atom stereocenters. The zero-order valence-electron chi connectivity index (χ0n) is 10.2. The smallest absolute Gasteiger partial charge is 0.0897 e. The van der Waals surface area contributed by atoms with E-state index in [0.717, 1.165) is 25.4 Å². The topological polar surface area (TPSA) is 24.9 Å². The summed E-state index contributed by atoms with van der Waals surface area (Å²) in [5.41, 5.74) is 1.25. The minimum Gasteiger partial charge on any atom is -0.316 e. The summed E-state index contributed by atoms with van der Waals surface area (Å²) in [5.74, 6) is 1.41. The normalized spacial score (nSPS) is 13.4. The standard InChI is InChI=1S/C12H22N2S/c1-9(2)6-13-7-10(3)5-12-8-15-11(4)14-12/h8-10,13H,5-7H2,1-4H3. The van der Waals surface area contributed by atoms with Gasteiger partial charge >= 0.3 is 0 Å². The number of hydrogen-bond donors (Lipinski definition) is 1. The number of thiazole rings is 1. The zero-order chi connectivity index (χ0) is 11.3. The van der Waals surface area contributed by atoms with Crippen LogP contribution in [0.15, 0.2) is 5.38 Å². The number of rotatable bonds is 6. The van der Waals surface area contributed by atoms with Gasteiger partial charge in [0.25, 0.3) is 0 Å². The van der Waals surface area contributed by atoms with Gasteiger partial charge in [-0.2, -0.15) is 0 Å². The molecule has 0 aromatic carbocycles. The monoisotopic (exact) mass is 226 g/mol. The Morgan fingerprint density at radius 2 is 2.07 bits per heavy atom. The third kappa shape index (κ3) is 5.28. The van der Waals surface area contributed by atoms with Crippen molar-refractivity contribution < 1.29 is 0 Å². The van der Waals surface area contributed by atoms with E-state index in [1.54, 1.807) is 11.3 Å². The maximum atomic E-state index is 4.48. The average molecular weight is 226 g/mol. The zero-order valence-corrected chi connectivity index (χ0v) is 11.0. The van der Waals surface area contributed by atoms with Gasteiger partial charge in [-0.05, 0) is 38.3 Å². The first kappa shape index (κ1) is 12.7. The lowest BCUT2D eigenvalue weighted by Crippen LogP contribution is -2.26. The highest BCUT2D eigenvalue weighted by Crippen LogP contribution is 2.12. The van der Waals surface area contributed by atoms with Crippen molar-refractivity contribution in [2.24, 2.45) is 11.8 Å². The second kappa shape index (κ2) is 6.23. The van der Waals surface area contributed by atoms with Gasteiger partial charge in [0.1, 0.15) is 0 Å². The average Bonchev–Trinajstić information content (AvgIpc) is 2.50. The van der Waals surface area contributed by atoms with Crippen LogP contribution in [0.25, 0.3) is 0 Å². The quantitative estimate of drug-likeness (QED) is 0.807. The molecule has 1 heterocycles. The predicted molar refractivity (Wildman–Crippen MR) is 67.4 cm³/mol. The first-order chi connectivity index (χ1) is 7.08. The molecular formula is C12H22N2S. The fourth-order valence-electron chi connectivity index (χ4n) is 1.55. The van der Waals surface area contributed by atoms with Gasteiger partial charge in [0, 0.05) is 5.38 Å². The number of aryl methyl sites for hydroxylation is 1. The van der Waals surface area contributed by atoms with Crippen molar-refractivity contribution in [2.75, 3.05) is 13.1 Å². The second-order valence-corrected chi connectivity index (χ2v) is 5.78. The molecule has 1 unspecified atom stereocenters. The van der Waals surface area contributed by atoms with Crippen molar-refractivity contribution in [2.45, 2.75) is 34.1 Å². The Hall–Kier alpha value is -0.410. The van der Waals surface area contributed by atoms with Gasteiger partial charge < -0.3 is 5.32 Å². The van der Waals surface area contributed by atoms with Gasteiger partial charge in [0.05, 0.1) is 10.7 Å². The van der Waals surface area contributed by atoms with Crippen molar-refractivity contribution in [3.8, 4) is 0 Å². The first-order valence-corrected chi connectivity index (χ1v) is 6.57. The third-order valence-electron chi connectivity index (χ3n) is 2.27. The fraction of sp³-hybridized carbons (Fsp3) is 0.750. The highest BCUT2D eigenvalue weighted by atomic mass is 32.1. The van der Waals surface area contributed by atoms with Crippen molar-refractivity contribution in [3.05, 3.63) is 16.1 Å². The minimum absolute atomic E-state index is 0.672. The van der Waals surface area contributed by atoms with Crippen LogP contribution in [0, 0.1) is 18.8 Å². The maximum absolute atomic E-state index is 4.48. The molecule has 0 radical (unpaired) electrons. The Morgan fingerprint density at radius 3 is 2.60 bits per heavy atom. The largest absolute Gasteiger partial charge is 0.316 e. The molecule has 0 saturated carbocycles. The lowest BCUT2D eigenvalue weighted by molar-refractivity contribution is 0.471. The van der Waals surface area contributed by atoms with E-state index in [0.29, 0.717) is 5.92 Å². The van der Waals surface area contributed by atoms with Crippen LogP contribution in [0.4, 0.5) is 0 Å². The van der Waals surface area contributed by atoms with E-state index in [1.165, 1.54) is 10.7 Å². The Labute approximate surface area is 97.1 Å². The van der Waals surface area contributed by atoms with Gasteiger partial charge in [-0.3, -0.25) is 0 Å². The van der Waals surface area contributed by atoms with Crippen molar-refractivity contribution in [1.82, 2.24) is 10.3 Å². The summed E-state index contributed by atoms with van der Waals surface area (Å²) in [4.78, 5) is 4.48. The van der Waals surface area contributed by atoms with Gasteiger partial charge in [-0.15, -0.1) is 11.3 Å². The molecule has 0 saturated heterocycles. The minimum atomic E-state index is 0.672. The third-order valence-corrected chi connectivity index (χ3v) is 3.09. The molecule has 1 rings (SSSR count). The van der Waals surface area contributed by atoms with E-state index in [1.807, 2.05) is 0 Å². The first-order valence-electron chi connectivity index (χ1n) is 5.69. The molecule has 0 fully saturated rings. The molecule has 2 nitrogen and oxygen atoms in total. The Balaban J connectivity index is 2.21. The lowest BCUT2D eigenvalue weighted by atomic mass is 10.1. The van der Waals surface area contributed by atoms with Crippen LogP contribution < -0.4 is 5.32 Å². The molecule has 0 bridgehead atoms. The molecule has 0 amide bonds. The van der Waals surface area contributed by atoms with Gasteiger partial charge in [0.2, 0.25) is 0 Å². The SMILES string of the molecule is Cc1nc(CC(C)CNCC(C)C)cs1.